The number of likely N-dealkylation sites (N-methyl/N-ethyl adjacent to an activating group) is 1. The Balaban J connectivity index is 4.09. The van der Waals surface area contributed by atoms with Crippen LogP contribution in [-0.4, -0.2) is 75.6 Å². The third kappa shape index (κ3) is 28.8. The van der Waals surface area contributed by atoms with E-state index < -0.39 is 13.9 Å². The minimum absolute atomic E-state index is 0.0916. The third-order valence-corrected chi connectivity index (χ3v) is 7.65. The Morgan fingerprint density at radius 1 is 0.692 bits per heavy atom. The maximum atomic E-state index is 12.2. The first-order valence-corrected chi connectivity index (χ1v) is 17.3. The van der Waals surface area contributed by atoms with E-state index in [4.69, 9.17) is 18.5 Å². The second-order valence-corrected chi connectivity index (χ2v) is 13.3. The largest absolute Gasteiger partial charge is 0.472 e. The molecule has 0 amide bonds. The minimum Gasteiger partial charge on any atom is -0.457 e. The number of unbranched alkanes of at least 4 members (excludes halogenated alkanes) is 15. The highest BCUT2D eigenvalue weighted by Gasteiger charge is 2.26. The number of phosphoric acid groups is 1. The fourth-order valence-corrected chi connectivity index (χ4v) is 4.88. The van der Waals surface area contributed by atoms with Crippen molar-refractivity contribution in [2.24, 2.45) is 0 Å². The molecule has 2 atom stereocenters. The van der Waals surface area contributed by atoms with Crippen molar-refractivity contribution in [3.05, 3.63) is 0 Å². The second-order valence-electron chi connectivity index (χ2n) is 11.9. The summed E-state index contributed by atoms with van der Waals surface area (Å²) in [5.41, 5.74) is 0. The topological polar surface area (TPSA) is 91.3 Å². The number of esters is 1. The smallest absolute Gasteiger partial charge is 0.457 e. The van der Waals surface area contributed by atoms with Crippen LogP contribution in [0, 0.1) is 0 Å². The minimum atomic E-state index is -4.23. The Kier molecular flexibility index (Phi) is 24.9. The summed E-state index contributed by atoms with van der Waals surface area (Å²) in [5.74, 6) is -0.337. The van der Waals surface area contributed by atoms with E-state index in [1.165, 1.54) is 77.0 Å². The molecule has 0 aromatic rings. The monoisotopic (exact) mass is 580 g/mol. The molecule has 0 aromatic heterocycles. The average Bonchev–Trinajstić information content (AvgIpc) is 2.86. The lowest BCUT2D eigenvalue weighted by molar-refractivity contribution is -0.870. The molecule has 0 aliphatic heterocycles. The van der Waals surface area contributed by atoms with E-state index in [2.05, 4.69) is 13.8 Å². The number of hydrogen-bond donors (Lipinski definition) is 1. The normalized spacial score (nSPS) is 14.3. The molecule has 0 spiro atoms. The molecular weight excluding hydrogens is 517 g/mol. The highest BCUT2D eigenvalue weighted by atomic mass is 31.2. The van der Waals surface area contributed by atoms with Gasteiger partial charge < -0.3 is 18.9 Å². The van der Waals surface area contributed by atoms with Crippen LogP contribution < -0.4 is 0 Å². The van der Waals surface area contributed by atoms with E-state index in [0.29, 0.717) is 24.1 Å². The third-order valence-electron chi connectivity index (χ3n) is 6.67. The van der Waals surface area contributed by atoms with E-state index in [9.17, 15) is 14.3 Å². The van der Waals surface area contributed by atoms with E-state index >= 15 is 0 Å². The van der Waals surface area contributed by atoms with E-state index in [1.807, 2.05) is 21.1 Å². The summed E-state index contributed by atoms with van der Waals surface area (Å²) in [7, 11) is 1.67. The molecule has 0 fully saturated rings. The number of hydrogen-bond acceptors (Lipinski definition) is 6. The highest BCUT2D eigenvalue weighted by molar-refractivity contribution is 7.47. The van der Waals surface area contributed by atoms with Crippen molar-refractivity contribution in [1.82, 2.24) is 0 Å². The summed E-state index contributed by atoms with van der Waals surface area (Å²) in [6.07, 6.45) is 20.5. The summed E-state index contributed by atoms with van der Waals surface area (Å²) < 4.78 is 34.3. The van der Waals surface area contributed by atoms with E-state index in [1.54, 1.807) is 0 Å². The Morgan fingerprint density at radius 3 is 1.69 bits per heavy atom. The zero-order chi connectivity index (χ0) is 29.2. The van der Waals surface area contributed by atoms with Gasteiger partial charge in [0.15, 0.2) is 0 Å². The molecule has 0 aromatic carbocycles. The van der Waals surface area contributed by atoms with Crippen molar-refractivity contribution in [2.45, 2.75) is 136 Å². The Labute approximate surface area is 240 Å². The van der Waals surface area contributed by atoms with Crippen LogP contribution in [0.4, 0.5) is 0 Å². The number of ether oxygens (including phenoxy) is 2. The molecule has 0 bridgehead atoms. The van der Waals surface area contributed by atoms with Crippen LogP contribution in [-0.2, 0) is 27.9 Å². The van der Waals surface area contributed by atoms with Crippen LogP contribution in [0.3, 0.4) is 0 Å². The van der Waals surface area contributed by atoms with Crippen molar-refractivity contribution in [1.29, 1.82) is 0 Å². The molecule has 0 radical (unpaired) electrons. The number of rotatable bonds is 29. The summed E-state index contributed by atoms with van der Waals surface area (Å²) in [5, 5.41) is 0. The maximum absolute atomic E-state index is 12.2. The van der Waals surface area contributed by atoms with Gasteiger partial charge in [-0.3, -0.25) is 13.8 Å². The van der Waals surface area contributed by atoms with Crippen LogP contribution in [0.2, 0.25) is 0 Å². The van der Waals surface area contributed by atoms with E-state index in [-0.39, 0.29) is 25.8 Å². The molecule has 9 heteroatoms. The van der Waals surface area contributed by atoms with Crippen molar-refractivity contribution in [3.63, 3.8) is 0 Å². The predicted octanol–water partition coefficient (Wildman–Crippen LogP) is 7.82. The maximum Gasteiger partial charge on any atom is 0.472 e. The van der Waals surface area contributed by atoms with Crippen LogP contribution in [0.5, 0.6) is 0 Å². The molecule has 2 unspecified atom stereocenters. The Morgan fingerprint density at radius 2 is 1.18 bits per heavy atom. The lowest BCUT2D eigenvalue weighted by Crippen LogP contribution is -2.37. The van der Waals surface area contributed by atoms with Gasteiger partial charge in [-0.25, -0.2) is 4.57 Å². The van der Waals surface area contributed by atoms with Crippen molar-refractivity contribution < 1.29 is 37.3 Å². The van der Waals surface area contributed by atoms with Gasteiger partial charge in [-0.1, -0.05) is 110 Å². The first kappa shape index (κ1) is 38.5. The number of carbonyl (C=O) groups is 1. The summed E-state index contributed by atoms with van der Waals surface area (Å²) in [4.78, 5) is 22.2. The zero-order valence-corrected chi connectivity index (χ0v) is 27.0. The van der Waals surface area contributed by atoms with Gasteiger partial charge in [0.25, 0.3) is 0 Å². The van der Waals surface area contributed by atoms with E-state index in [0.717, 1.165) is 32.1 Å². The van der Waals surface area contributed by atoms with Gasteiger partial charge in [0.2, 0.25) is 0 Å². The van der Waals surface area contributed by atoms with Crippen LogP contribution >= 0.6 is 7.82 Å². The van der Waals surface area contributed by atoms with Crippen LogP contribution in [0.1, 0.15) is 129 Å². The predicted molar refractivity (Wildman–Crippen MR) is 160 cm³/mol. The van der Waals surface area contributed by atoms with Crippen molar-refractivity contribution in [2.75, 3.05) is 54.1 Å². The lowest BCUT2D eigenvalue weighted by Gasteiger charge is -2.24. The first-order chi connectivity index (χ1) is 18.6. The fourth-order valence-electron chi connectivity index (χ4n) is 4.14. The van der Waals surface area contributed by atoms with Gasteiger partial charge in [-0.15, -0.1) is 0 Å². The summed E-state index contributed by atoms with van der Waals surface area (Å²) in [6.45, 7) is 5.45. The molecule has 0 rings (SSSR count). The summed E-state index contributed by atoms with van der Waals surface area (Å²) in [6, 6.07) is 0. The molecule has 0 saturated heterocycles. The number of quaternary nitrogens is 1. The van der Waals surface area contributed by atoms with Crippen molar-refractivity contribution in [3.8, 4) is 0 Å². The number of carbonyl (C=O) groups excluding carboxylic acids is 1. The van der Waals surface area contributed by atoms with Crippen molar-refractivity contribution >= 4 is 13.8 Å². The van der Waals surface area contributed by atoms with Gasteiger partial charge in [0, 0.05) is 13.0 Å². The average molecular weight is 581 g/mol. The zero-order valence-electron chi connectivity index (χ0n) is 26.1. The molecule has 0 aliphatic carbocycles. The molecule has 1 N–H and O–H groups in total. The Bertz CT molecular complexity index is 613. The number of phosphoric ester groups is 1. The molecule has 39 heavy (non-hydrogen) atoms. The summed E-state index contributed by atoms with van der Waals surface area (Å²) >= 11 is 0. The van der Waals surface area contributed by atoms with Gasteiger partial charge in [-0.05, 0) is 12.8 Å². The highest BCUT2D eigenvalue weighted by Crippen LogP contribution is 2.43. The number of nitrogens with zero attached hydrogens (tertiary/aromatic N) is 1. The Hall–Kier alpha value is -0.500. The SMILES string of the molecule is CCCCCCCCCCCCCCCCOCC(COP(=O)(O)OCC[N+](C)(C)C)OC(=O)CCCCC. The molecule has 8 nitrogen and oxygen atoms in total. The molecular formula is C30H63NO7P+. The van der Waals surface area contributed by atoms with Gasteiger partial charge in [0.05, 0.1) is 34.4 Å². The molecule has 234 valence electrons. The molecule has 0 aliphatic rings. The van der Waals surface area contributed by atoms with Gasteiger partial charge in [0.1, 0.15) is 19.3 Å². The van der Waals surface area contributed by atoms with Gasteiger partial charge >= 0.3 is 13.8 Å². The lowest BCUT2D eigenvalue weighted by atomic mass is 10.0. The quantitative estimate of drug-likeness (QED) is 0.0417. The fraction of sp³-hybridized carbons (Fsp3) is 0.967. The van der Waals surface area contributed by atoms with Gasteiger partial charge in [-0.2, -0.15) is 0 Å². The van der Waals surface area contributed by atoms with Crippen LogP contribution in [0.25, 0.3) is 0 Å². The molecule has 0 heterocycles. The molecule has 0 saturated carbocycles. The first-order valence-electron chi connectivity index (χ1n) is 15.8. The standard InChI is InChI=1S/C30H62NO7P/c1-6-8-10-11-12-13-14-15-16-17-18-19-20-22-25-35-27-29(38-30(32)23-21-9-7-2)28-37-39(33,34)36-26-24-31(3,4)5/h29H,6-28H2,1-5H3/p+1. The van der Waals surface area contributed by atoms with Crippen LogP contribution in [0.15, 0.2) is 0 Å². The second kappa shape index (κ2) is 25.2.